The summed E-state index contributed by atoms with van der Waals surface area (Å²) >= 11 is 0. The van der Waals surface area contributed by atoms with Gasteiger partial charge in [-0.05, 0) is 55.4 Å². The van der Waals surface area contributed by atoms with E-state index in [9.17, 15) is 8.42 Å². The molecule has 0 radical (unpaired) electrons. The lowest BCUT2D eigenvalue weighted by molar-refractivity contribution is 0.315. The predicted molar refractivity (Wildman–Crippen MR) is 82.0 cm³/mol. The molecule has 2 N–H and O–H groups in total. The number of aryl methyl sites for hydroxylation is 1. The molecule has 1 aromatic rings. The number of rotatable bonds is 2. The Balaban J connectivity index is 2.30. The molecule has 2 rings (SSSR count). The summed E-state index contributed by atoms with van der Waals surface area (Å²) in [5.74, 6) is 0. The van der Waals surface area contributed by atoms with Crippen LogP contribution in [0.15, 0.2) is 23.1 Å². The Morgan fingerprint density at radius 3 is 2.50 bits per heavy atom. The number of nitrogen functional groups attached to an aromatic ring is 1. The maximum Gasteiger partial charge on any atom is 0.243 e. The van der Waals surface area contributed by atoms with Crippen molar-refractivity contribution in [3.63, 3.8) is 0 Å². The van der Waals surface area contributed by atoms with E-state index in [0.29, 0.717) is 23.7 Å². The molecule has 0 saturated carbocycles. The number of hydrogen-bond donors (Lipinski definition) is 1. The van der Waals surface area contributed by atoms with Crippen LogP contribution in [0.4, 0.5) is 5.69 Å². The van der Waals surface area contributed by atoms with Gasteiger partial charge in [-0.3, -0.25) is 0 Å². The van der Waals surface area contributed by atoms with Crippen LogP contribution in [-0.4, -0.2) is 25.8 Å². The van der Waals surface area contributed by atoms with Gasteiger partial charge in [-0.1, -0.05) is 13.8 Å². The molecule has 5 heteroatoms. The van der Waals surface area contributed by atoms with Crippen LogP contribution >= 0.6 is 0 Å². The first-order valence-corrected chi connectivity index (χ1v) is 8.52. The summed E-state index contributed by atoms with van der Waals surface area (Å²) in [6, 6.07) is 5.03. The molecule has 0 amide bonds. The molecule has 4 nitrogen and oxygen atoms in total. The SMILES string of the molecule is Cc1cc(N)cc(S(=O)(=O)N2CCCC(C)(C)CC2)c1. The van der Waals surface area contributed by atoms with E-state index in [1.807, 2.05) is 6.92 Å². The van der Waals surface area contributed by atoms with Gasteiger partial charge in [0.1, 0.15) is 0 Å². The summed E-state index contributed by atoms with van der Waals surface area (Å²) in [6.07, 6.45) is 2.87. The third kappa shape index (κ3) is 3.33. The Bertz CT molecular complexity index is 574. The van der Waals surface area contributed by atoms with Gasteiger partial charge in [-0.2, -0.15) is 4.31 Å². The Morgan fingerprint density at radius 1 is 1.15 bits per heavy atom. The first kappa shape index (κ1) is 15.3. The van der Waals surface area contributed by atoms with E-state index in [-0.39, 0.29) is 5.41 Å². The number of benzene rings is 1. The van der Waals surface area contributed by atoms with Gasteiger partial charge in [0, 0.05) is 18.8 Å². The molecule has 0 unspecified atom stereocenters. The van der Waals surface area contributed by atoms with Crippen molar-refractivity contribution in [2.45, 2.75) is 44.9 Å². The van der Waals surface area contributed by atoms with Crippen molar-refractivity contribution in [1.29, 1.82) is 0 Å². The Kier molecular flexibility index (Phi) is 4.12. The minimum absolute atomic E-state index is 0.218. The third-order valence-corrected chi connectivity index (χ3v) is 5.89. The smallest absolute Gasteiger partial charge is 0.243 e. The van der Waals surface area contributed by atoms with Crippen LogP contribution < -0.4 is 5.73 Å². The van der Waals surface area contributed by atoms with E-state index in [0.717, 1.165) is 24.8 Å². The van der Waals surface area contributed by atoms with E-state index in [4.69, 9.17) is 5.73 Å². The van der Waals surface area contributed by atoms with E-state index in [1.54, 1.807) is 22.5 Å². The summed E-state index contributed by atoms with van der Waals surface area (Å²) in [6.45, 7) is 7.45. The summed E-state index contributed by atoms with van der Waals surface area (Å²) in [7, 11) is -3.43. The topological polar surface area (TPSA) is 63.4 Å². The van der Waals surface area contributed by atoms with Gasteiger partial charge in [0.2, 0.25) is 10.0 Å². The number of nitrogens with zero attached hydrogens (tertiary/aromatic N) is 1. The van der Waals surface area contributed by atoms with E-state index in [1.165, 1.54) is 0 Å². The standard InChI is InChI=1S/C15H24N2O2S/c1-12-9-13(16)11-14(10-12)20(18,19)17-7-4-5-15(2,3)6-8-17/h9-11H,4-8,16H2,1-3H3. The van der Waals surface area contributed by atoms with Crippen LogP contribution in [0.5, 0.6) is 0 Å². The van der Waals surface area contributed by atoms with Gasteiger partial charge >= 0.3 is 0 Å². The van der Waals surface area contributed by atoms with Crippen molar-refractivity contribution in [3.8, 4) is 0 Å². The van der Waals surface area contributed by atoms with Gasteiger partial charge in [-0.25, -0.2) is 8.42 Å². The minimum Gasteiger partial charge on any atom is -0.399 e. The normalized spacial score (nSPS) is 20.6. The van der Waals surface area contributed by atoms with E-state index < -0.39 is 10.0 Å². The second-order valence-corrected chi connectivity index (χ2v) is 8.44. The van der Waals surface area contributed by atoms with E-state index in [2.05, 4.69) is 13.8 Å². The summed E-state index contributed by atoms with van der Waals surface area (Å²) < 4.78 is 27.1. The highest BCUT2D eigenvalue weighted by Gasteiger charge is 2.30. The molecule has 1 aliphatic heterocycles. The number of sulfonamides is 1. The molecule has 0 atom stereocenters. The molecule has 20 heavy (non-hydrogen) atoms. The highest BCUT2D eigenvalue weighted by molar-refractivity contribution is 7.89. The maximum absolute atomic E-state index is 12.7. The minimum atomic E-state index is -3.43. The van der Waals surface area contributed by atoms with Crippen LogP contribution in [-0.2, 0) is 10.0 Å². The van der Waals surface area contributed by atoms with Crippen molar-refractivity contribution in [1.82, 2.24) is 4.31 Å². The highest BCUT2D eigenvalue weighted by Crippen LogP contribution is 2.32. The highest BCUT2D eigenvalue weighted by atomic mass is 32.2. The van der Waals surface area contributed by atoms with Crippen molar-refractivity contribution < 1.29 is 8.42 Å². The number of nitrogens with two attached hydrogens (primary N) is 1. The van der Waals surface area contributed by atoms with Gasteiger partial charge in [0.25, 0.3) is 0 Å². The molecule has 1 fully saturated rings. The quantitative estimate of drug-likeness (QED) is 0.854. The second-order valence-electron chi connectivity index (χ2n) is 6.50. The average Bonchev–Trinajstić information content (AvgIpc) is 2.49. The van der Waals surface area contributed by atoms with Crippen LogP contribution in [0.2, 0.25) is 0 Å². The molecule has 112 valence electrons. The Hall–Kier alpha value is -1.07. The lowest BCUT2D eigenvalue weighted by Gasteiger charge is -2.23. The lowest BCUT2D eigenvalue weighted by Crippen LogP contribution is -2.32. The molecule has 1 heterocycles. The monoisotopic (exact) mass is 296 g/mol. The van der Waals surface area contributed by atoms with Crippen molar-refractivity contribution in [2.24, 2.45) is 5.41 Å². The van der Waals surface area contributed by atoms with Gasteiger partial charge in [-0.15, -0.1) is 0 Å². The molecule has 1 aliphatic rings. The second kappa shape index (κ2) is 5.37. The Labute approximate surface area is 122 Å². The van der Waals surface area contributed by atoms with Gasteiger partial charge < -0.3 is 5.73 Å². The summed E-state index contributed by atoms with van der Waals surface area (Å²) in [5.41, 5.74) is 7.37. The van der Waals surface area contributed by atoms with Crippen LogP contribution in [0.25, 0.3) is 0 Å². The van der Waals surface area contributed by atoms with Crippen molar-refractivity contribution >= 4 is 15.7 Å². The first-order valence-electron chi connectivity index (χ1n) is 7.08. The van der Waals surface area contributed by atoms with Gasteiger partial charge in [0.15, 0.2) is 0 Å². The molecular weight excluding hydrogens is 272 g/mol. The summed E-state index contributed by atoms with van der Waals surface area (Å²) in [5, 5.41) is 0. The van der Waals surface area contributed by atoms with E-state index >= 15 is 0 Å². The molecular formula is C15H24N2O2S. The molecule has 0 bridgehead atoms. The molecule has 0 aliphatic carbocycles. The van der Waals surface area contributed by atoms with Gasteiger partial charge in [0.05, 0.1) is 4.90 Å². The van der Waals surface area contributed by atoms with Crippen LogP contribution in [0, 0.1) is 12.3 Å². The lowest BCUT2D eigenvalue weighted by atomic mass is 9.85. The predicted octanol–water partition coefficient (Wildman–Crippen LogP) is 2.78. The zero-order chi connectivity index (χ0) is 15.0. The van der Waals surface area contributed by atoms with Crippen molar-refractivity contribution in [3.05, 3.63) is 23.8 Å². The van der Waals surface area contributed by atoms with Crippen molar-refractivity contribution in [2.75, 3.05) is 18.8 Å². The maximum atomic E-state index is 12.7. The summed E-state index contributed by atoms with van der Waals surface area (Å²) in [4.78, 5) is 0.315. The fraction of sp³-hybridized carbons (Fsp3) is 0.600. The molecule has 0 spiro atoms. The fourth-order valence-corrected chi connectivity index (χ4v) is 4.33. The first-order chi connectivity index (χ1) is 9.21. The molecule has 0 aromatic heterocycles. The van der Waals surface area contributed by atoms with Crippen LogP contribution in [0.3, 0.4) is 0 Å². The number of hydrogen-bond acceptors (Lipinski definition) is 3. The Morgan fingerprint density at radius 2 is 1.85 bits per heavy atom. The zero-order valence-electron chi connectivity index (χ0n) is 12.5. The number of anilines is 1. The average molecular weight is 296 g/mol. The van der Waals surface area contributed by atoms with Crippen LogP contribution in [0.1, 0.15) is 38.7 Å². The molecule has 1 saturated heterocycles. The largest absolute Gasteiger partial charge is 0.399 e. The fourth-order valence-electron chi connectivity index (χ4n) is 2.71. The third-order valence-electron chi connectivity index (χ3n) is 4.01. The molecule has 1 aromatic carbocycles. The zero-order valence-corrected chi connectivity index (χ0v) is 13.3.